The Balaban J connectivity index is 2.42. The second-order valence-electron chi connectivity index (χ2n) is 3.87. The molecule has 1 aromatic heterocycles. The normalized spacial score (nSPS) is 13.1. The standard InChI is InChI=1S/C11H20N2S/c1-3-4-10-8-14-11(13-10)7-9(2)5-6-12/h8-9H,3-7,12H2,1-2H3. The molecule has 1 rings (SSSR count). The number of nitrogens with zero attached hydrogens (tertiary/aromatic N) is 1. The molecule has 0 aromatic carbocycles. The van der Waals surface area contributed by atoms with E-state index in [-0.39, 0.29) is 0 Å². The zero-order valence-electron chi connectivity index (χ0n) is 9.12. The molecule has 2 N–H and O–H groups in total. The molecule has 1 aromatic rings. The zero-order valence-corrected chi connectivity index (χ0v) is 9.94. The summed E-state index contributed by atoms with van der Waals surface area (Å²) in [7, 11) is 0. The highest BCUT2D eigenvalue weighted by Gasteiger charge is 2.06. The van der Waals surface area contributed by atoms with Gasteiger partial charge in [-0.05, 0) is 25.3 Å². The molecule has 3 heteroatoms. The average Bonchev–Trinajstić information content (AvgIpc) is 2.53. The fourth-order valence-corrected chi connectivity index (χ4v) is 2.49. The molecule has 0 aliphatic heterocycles. The van der Waals surface area contributed by atoms with Crippen LogP contribution in [0.25, 0.3) is 0 Å². The summed E-state index contributed by atoms with van der Waals surface area (Å²) >= 11 is 1.79. The van der Waals surface area contributed by atoms with Crippen molar-refractivity contribution in [3.8, 4) is 0 Å². The fraction of sp³-hybridized carbons (Fsp3) is 0.727. The highest BCUT2D eigenvalue weighted by molar-refractivity contribution is 7.09. The average molecular weight is 212 g/mol. The van der Waals surface area contributed by atoms with Crippen molar-refractivity contribution < 1.29 is 0 Å². The van der Waals surface area contributed by atoms with Crippen LogP contribution in [0, 0.1) is 5.92 Å². The number of thiazole rings is 1. The van der Waals surface area contributed by atoms with Gasteiger partial charge in [0.05, 0.1) is 10.7 Å². The van der Waals surface area contributed by atoms with Crippen LogP contribution in [0.1, 0.15) is 37.4 Å². The van der Waals surface area contributed by atoms with Crippen molar-refractivity contribution in [2.24, 2.45) is 11.7 Å². The molecule has 2 nitrogen and oxygen atoms in total. The van der Waals surface area contributed by atoms with Gasteiger partial charge in [0.1, 0.15) is 0 Å². The van der Waals surface area contributed by atoms with Crippen molar-refractivity contribution >= 4 is 11.3 Å². The minimum atomic E-state index is 0.667. The lowest BCUT2D eigenvalue weighted by Gasteiger charge is -2.06. The van der Waals surface area contributed by atoms with Crippen molar-refractivity contribution in [3.63, 3.8) is 0 Å². The topological polar surface area (TPSA) is 38.9 Å². The number of aryl methyl sites for hydroxylation is 1. The van der Waals surface area contributed by atoms with Crippen LogP contribution in [0.3, 0.4) is 0 Å². The summed E-state index contributed by atoms with van der Waals surface area (Å²) < 4.78 is 0. The van der Waals surface area contributed by atoms with E-state index in [0.717, 1.165) is 25.8 Å². The Kier molecular flexibility index (Phi) is 5.12. The maximum Gasteiger partial charge on any atom is 0.0930 e. The van der Waals surface area contributed by atoms with Crippen LogP contribution in [0.4, 0.5) is 0 Å². The predicted molar refractivity (Wildman–Crippen MR) is 62.6 cm³/mol. The van der Waals surface area contributed by atoms with Crippen LogP contribution in [-0.2, 0) is 12.8 Å². The van der Waals surface area contributed by atoms with Gasteiger partial charge in [0.2, 0.25) is 0 Å². The van der Waals surface area contributed by atoms with Gasteiger partial charge in [-0.1, -0.05) is 20.3 Å². The third kappa shape index (κ3) is 3.76. The molecule has 1 atom stereocenters. The first-order valence-electron chi connectivity index (χ1n) is 5.39. The van der Waals surface area contributed by atoms with Crippen molar-refractivity contribution in [2.75, 3.05) is 6.54 Å². The molecule has 0 saturated heterocycles. The number of nitrogens with two attached hydrogens (primary N) is 1. The highest BCUT2D eigenvalue weighted by Crippen LogP contribution is 2.16. The number of hydrogen-bond donors (Lipinski definition) is 1. The van der Waals surface area contributed by atoms with Crippen molar-refractivity contribution in [1.29, 1.82) is 0 Å². The summed E-state index contributed by atoms with van der Waals surface area (Å²) in [6.45, 7) is 5.22. The molecule has 0 fully saturated rings. The molecular formula is C11H20N2S. The van der Waals surface area contributed by atoms with Crippen LogP contribution in [0.5, 0.6) is 0 Å². The van der Waals surface area contributed by atoms with Crippen LogP contribution in [0.2, 0.25) is 0 Å². The lowest BCUT2D eigenvalue weighted by atomic mass is 10.1. The second kappa shape index (κ2) is 6.14. The van der Waals surface area contributed by atoms with E-state index in [0.29, 0.717) is 5.92 Å². The van der Waals surface area contributed by atoms with E-state index in [1.54, 1.807) is 11.3 Å². The third-order valence-corrected chi connectivity index (χ3v) is 3.21. The second-order valence-corrected chi connectivity index (χ2v) is 4.81. The molecule has 0 aliphatic carbocycles. The van der Waals surface area contributed by atoms with E-state index < -0.39 is 0 Å². The van der Waals surface area contributed by atoms with Gasteiger partial charge >= 0.3 is 0 Å². The lowest BCUT2D eigenvalue weighted by molar-refractivity contribution is 0.536. The minimum Gasteiger partial charge on any atom is -0.330 e. The minimum absolute atomic E-state index is 0.667. The monoisotopic (exact) mass is 212 g/mol. The molecule has 14 heavy (non-hydrogen) atoms. The Bertz CT molecular complexity index is 258. The van der Waals surface area contributed by atoms with Crippen LogP contribution in [-0.4, -0.2) is 11.5 Å². The Morgan fingerprint density at radius 1 is 1.57 bits per heavy atom. The molecule has 0 bridgehead atoms. The summed E-state index contributed by atoms with van der Waals surface area (Å²) in [5, 5.41) is 3.46. The Morgan fingerprint density at radius 2 is 2.36 bits per heavy atom. The van der Waals surface area contributed by atoms with Gasteiger partial charge < -0.3 is 5.73 Å². The fourth-order valence-electron chi connectivity index (χ4n) is 1.50. The number of hydrogen-bond acceptors (Lipinski definition) is 3. The third-order valence-electron chi connectivity index (χ3n) is 2.29. The Morgan fingerprint density at radius 3 is 3.00 bits per heavy atom. The summed E-state index contributed by atoms with van der Waals surface area (Å²) in [5.74, 6) is 0.667. The summed E-state index contributed by atoms with van der Waals surface area (Å²) in [4.78, 5) is 4.60. The number of rotatable bonds is 6. The summed E-state index contributed by atoms with van der Waals surface area (Å²) in [5.41, 5.74) is 6.78. The van der Waals surface area contributed by atoms with Gasteiger partial charge in [0.15, 0.2) is 0 Å². The zero-order chi connectivity index (χ0) is 10.4. The van der Waals surface area contributed by atoms with E-state index in [1.165, 1.54) is 17.1 Å². The molecule has 0 saturated carbocycles. The van der Waals surface area contributed by atoms with E-state index in [9.17, 15) is 0 Å². The molecule has 0 spiro atoms. The maximum absolute atomic E-state index is 5.52. The lowest BCUT2D eigenvalue weighted by Crippen LogP contribution is -2.07. The largest absolute Gasteiger partial charge is 0.330 e. The van der Waals surface area contributed by atoms with E-state index in [1.807, 2.05) is 0 Å². The van der Waals surface area contributed by atoms with Crippen molar-refractivity contribution in [3.05, 3.63) is 16.1 Å². The molecule has 1 heterocycles. The first kappa shape index (κ1) is 11.7. The molecule has 1 unspecified atom stereocenters. The summed E-state index contributed by atoms with van der Waals surface area (Å²) in [6, 6.07) is 0. The summed E-state index contributed by atoms with van der Waals surface area (Å²) in [6.07, 6.45) is 4.48. The first-order chi connectivity index (χ1) is 6.76. The maximum atomic E-state index is 5.52. The van der Waals surface area contributed by atoms with Gasteiger partial charge in [-0.3, -0.25) is 0 Å². The first-order valence-corrected chi connectivity index (χ1v) is 6.27. The van der Waals surface area contributed by atoms with Crippen LogP contribution < -0.4 is 5.73 Å². The SMILES string of the molecule is CCCc1csc(CC(C)CCN)n1. The van der Waals surface area contributed by atoms with Gasteiger partial charge in [0.25, 0.3) is 0 Å². The Hall–Kier alpha value is -0.410. The van der Waals surface area contributed by atoms with Crippen LogP contribution >= 0.6 is 11.3 Å². The van der Waals surface area contributed by atoms with Crippen molar-refractivity contribution in [1.82, 2.24) is 4.98 Å². The molecule has 80 valence electrons. The van der Waals surface area contributed by atoms with Crippen LogP contribution in [0.15, 0.2) is 5.38 Å². The van der Waals surface area contributed by atoms with Gasteiger partial charge in [0, 0.05) is 11.8 Å². The van der Waals surface area contributed by atoms with Gasteiger partial charge in [-0.25, -0.2) is 4.98 Å². The van der Waals surface area contributed by atoms with Crippen molar-refractivity contribution in [2.45, 2.75) is 39.5 Å². The van der Waals surface area contributed by atoms with Gasteiger partial charge in [-0.15, -0.1) is 11.3 Å². The smallest absolute Gasteiger partial charge is 0.0930 e. The number of aromatic nitrogens is 1. The molecule has 0 amide bonds. The molecular weight excluding hydrogens is 192 g/mol. The van der Waals surface area contributed by atoms with E-state index >= 15 is 0 Å². The van der Waals surface area contributed by atoms with Gasteiger partial charge in [-0.2, -0.15) is 0 Å². The highest BCUT2D eigenvalue weighted by atomic mass is 32.1. The quantitative estimate of drug-likeness (QED) is 0.787. The molecule has 0 radical (unpaired) electrons. The Labute approximate surface area is 90.6 Å². The van der Waals surface area contributed by atoms with E-state index in [2.05, 4.69) is 24.2 Å². The molecule has 0 aliphatic rings. The van der Waals surface area contributed by atoms with E-state index in [4.69, 9.17) is 5.73 Å². The predicted octanol–water partition coefficient (Wildman–Crippen LogP) is 2.62.